The average Bonchev–Trinajstić information content (AvgIpc) is 0.635. The van der Waals surface area contributed by atoms with E-state index in [0.717, 1.165) is 68.3 Å². The van der Waals surface area contributed by atoms with Crippen LogP contribution in [0.2, 0.25) is 0 Å². The molecule has 6 N–H and O–H groups in total. The molecule has 12 heteroatoms. The highest BCUT2D eigenvalue weighted by atomic mass is 16.5. The number of fused-ring (bicyclic) bond motifs is 18. The fraction of sp³-hybridized carbons (Fsp3) is 0.619. The lowest BCUT2D eigenvalue weighted by atomic mass is 9.68. The molecule has 0 bridgehead atoms. The number of aryl methyl sites for hydroxylation is 6. The van der Waals surface area contributed by atoms with Crippen molar-refractivity contribution in [2.24, 2.45) is 35.4 Å². The van der Waals surface area contributed by atoms with Crippen LogP contribution in [0.1, 0.15) is 563 Å². The van der Waals surface area contributed by atoms with Crippen molar-refractivity contribution in [1.29, 1.82) is 0 Å². The Balaban J connectivity index is 0.000000204. The second-order valence-corrected chi connectivity index (χ2v) is 36.6. The van der Waals surface area contributed by atoms with Crippen LogP contribution in [0.4, 0.5) is 0 Å². The molecule has 0 radical (unpaired) electrons. The van der Waals surface area contributed by atoms with E-state index in [9.17, 15) is 34.8 Å². The average molecular weight is 1960 g/mol. The normalized spacial score (nSPS) is 39.2. The highest BCUT2D eigenvalue weighted by Gasteiger charge is 2.52. The van der Waals surface area contributed by atoms with Crippen LogP contribution in [-0.2, 0) is 38.2 Å². The summed E-state index contributed by atoms with van der Waals surface area (Å²) >= 11 is 0. The number of allylic oxidation sites excluding steroid dienone is 12. The topological polar surface area (TPSA) is 177 Å². The van der Waals surface area contributed by atoms with Crippen molar-refractivity contribution in [2.45, 2.75) is 465 Å². The van der Waals surface area contributed by atoms with Crippen LogP contribution in [0.5, 0.6) is 69.0 Å². The number of benzene rings is 6. The molecule has 6 heterocycles. The summed E-state index contributed by atoms with van der Waals surface area (Å²) in [6.45, 7) is -34.3. The number of unbranched alkanes of at least 4 members (excludes halogenated alkanes) is 6. The van der Waals surface area contributed by atoms with Gasteiger partial charge in [-0.2, -0.15) is 0 Å². The molecule has 0 aromatic heterocycles. The molecular formula is C126H180O12. The third-order valence-electron chi connectivity index (χ3n) is 25.7. The monoisotopic (exact) mass is 1960 g/mol. The number of aromatic hydroxyl groups is 6. The maximum Gasteiger partial charge on any atom is 0.127 e. The molecule has 12 nitrogen and oxygen atoms in total. The Morgan fingerprint density at radius 3 is 0.848 bits per heavy atom. The summed E-state index contributed by atoms with van der Waals surface area (Å²) in [6.07, 6.45) is -20.3. The van der Waals surface area contributed by atoms with E-state index < -0.39 is 390 Å². The van der Waals surface area contributed by atoms with Gasteiger partial charge in [-0.1, -0.05) is 188 Å². The highest BCUT2D eigenvalue weighted by Crippen LogP contribution is 2.61. The minimum absolute atomic E-state index is 0.00737. The lowest BCUT2D eigenvalue weighted by Gasteiger charge is -2.46. The van der Waals surface area contributed by atoms with Crippen molar-refractivity contribution >= 4 is 0 Å². The molecule has 0 unspecified atom stereocenters. The largest absolute Gasteiger partial charge is 0.507 e. The first-order valence-corrected chi connectivity index (χ1v) is 47.5. The minimum atomic E-state index is -3.75. The zero-order valence-electron chi connectivity index (χ0n) is 154. The molecule has 12 atom stereocenters. The zero-order valence-corrected chi connectivity index (χ0v) is 79.5. The van der Waals surface area contributed by atoms with Gasteiger partial charge >= 0.3 is 0 Å². The summed E-state index contributed by atoms with van der Waals surface area (Å²) in [7, 11) is 0. The third kappa shape index (κ3) is 25.0. The number of ether oxygens (including phenoxy) is 6. The van der Waals surface area contributed by atoms with Crippen molar-refractivity contribution in [1.82, 2.24) is 0 Å². The first-order chi connectivity index (χ1) is 95.4. The summed E-state index contributed by atoms with van der Waals surface area (Å²) in [5.74, 6) is -29.1. The van der Waals surface area contributed by atoms with Crippen molar-refractivity contribution in [2.75, 3.05) is 0 Å². The van der Waals surface area contributed by atoms with Gasteiger partial charge in [-0.15, -0.1) is 0 Å². The minimum Gasteiger partial charge on any atom is -0.507 e. The predicted octanol–water partition coefficient (Wildman–Crippen LogP) is 34.4. The third-order valence-corrected chi connectivity index (χ3v) is 25.7. The van der Waals surface area contributed by atoms with Gasteiger partial charge < -0.3 is 59.1 Å². The SMILES string of the molecule is [2H]C([2H])([2H])C1=C[C@H]2c3c(O)cc(C([2H])([2H])CCCC)cc3OC(C([2H])([2H])[2H])(C([2H])([2H])[2H])[C@@H]2CC1.[2H]C([2H])([2H])C1=C[C@H]2c3c(O)cc(C([2H])([2H])CCCC)cc3OC(C([2H])([2H])[2H])(C([2H])([2H])[2H])[C@@H]2CC1([2H])[2H].[2H]C1([2H])C[C@@H]2[C@@H](C=C1C)c1c(O)cc(C([2H])([2H])CCCC)cc1OC2(C([2H])([2H])[2H])C([2H])([2H])[2H].[2H]C1=C(C([2H])([2H])[2H])CC([2H])([2H])[C@]2([2H])[C@@H]1c1c(O)cc(C([2H])([2H])CCCC)cc1OC2(C([2H])([2H])[2H])C([2H])([2H])[2H].[2H]C1=C(C)C([2H])([2H])C([2H])([2H])[C@]2([2H])[C@@H]1c1c(O)cc(C([2H])([2H])CCCC)cc1OC2(C([2H])([2H])[2H])C([2H])([2H])[2H].[2H]C1=C(C)CC([2H])([2H])[C@]2([2H])[C@@H]1c1c(O)cc(C([2H])([2H])CCCC)cc1OC2(C([2H])([2H])[2H])C([2H])([2H])[2H]. The molecule has 6 aromatic rings. The molecule has 6 aromatic carbocycles. The highest BCUT2D eigenvalue weighted by molar-refractivity contribution is 5.60. The quantitative estimate of drug-likeness (QED) is 0.0317. The van der Waals surface area contributed by atoms with Gasteiger partial charge in [0.05, 0.1) is 4.11 Å². The molecule has 0 amide bonds. The maximum atomic E-state index is 11.1. The van der Waals surface area contributed by atoms with Crippen LogP contribution >= 0.6 is 0 Å². The molecule has 12 aliphatic rings. The van der Waals surface area contributed by atoms with Crippen LogP contribution in [0, 0.1) is 35.4 Å². The van der Waals surface area contributed by atoms with Crippen LogP contribution < -0.4 is 28.4 Å². The van der Waals surface area contributed by atoms with Gasteiger partial charge in [0, 0.05) is 203 Å². The predicted molar refractivity (Wildman–Crippen MR) is 572 cm³/mol. The van der Waals surface area contributed by atoms with Gasteiger partial charge in [-0.3, -0.25) is 0 Å². The molecule has 6 aliphatic carbocycles. The Morgan fingerprint density at radius 2 is 0.543 bits per heavy atom. The van der Waals surface area contributed by atoms with Gasteiger partial charge in [-0.25, -0.2) is 0 Å². The van der Waals surface area contributed by atoms with Crippen LogP contribution in [0.25, 0.3) is 0 Å². The summed E-state index contributed by atoms with van der Waals surface area (Å²) < 4.78 is 656. The Morgan fingerprint density at radius 1 is 0.290 bits per heavy atom. The van der Waals surface area contributed by atoms with E-state index in [1.807, 2.05) is 41.5 Å². The molecule has 0 spiro atoms. The van der Waals surface area contributed by atoms with Crippen molar-refractivity contribution in [3.8, 4) is 69.0 Å². The van der Waals surface area contributed by atoms with Crippen molar-refractivity contribution in [3.63, 3.8) is 0 Å². The maximum absolute atomic E-state index is 11.1. The molecule has 0 saturated heterocycles. The van der Waals surface area contributed by atoms with Gasteiger partial charge in [0.1, 0.15) is 103 Å². The summed E-state index contributed by atoms with van der Waals surface area (Å²) in [4.78, 5) is 0. The van der Waals surface area contributed by atoms with Gasteiger partial charge in [0.25, 0.3) is 0 Å². The Kier molecular flexibility index (Phi) is 15.1. The van der Waals surface area contributed by atoms with Crippen molar-refractivity contribution < 1.29 is 162 Å². The van der Waals surface area contributed by atoms with E-state index in [2.05, 4.69) is 0 Å². The standard InChI is InChI=1S/6C21H30O2/c6*1-5-6-7-8-15-12-18(22)20-16-11-14(2)9-10-17(16)21(3,4)23-19(20)13-15/h6*11-13,16-17,22H,5-10H2,1-4H3/t6*16-,17-/m111111/s1/i3D3,4D3,8D2,9D2,10D2,11D,17D;2D3,3D3,4D3,8D2,10D2,11D,17D;3D3,4D3,8D2,10D2,11D,17D;2D3,3D3,4D3,8D2,9D2;3D3,4D3,8D2,9D2;2D3,3D3,4D3,8D2. The summed E-state index contributed by atoms with van der Waals surface area (Å²) in [5, 5.41) is 65.9. The van der Waals surface area contributed by atoms with E-state index in [-0.39, 0.29) is 153 Å². The summed E-state index contributed by atoms with van der Waals surface area (Å²) in [6, 6.07) is 11.6. The lowest BCUT2D eigenvalue weighted by Crippen LogP contribution is -2.45. The lowest BCUT2D eigenvalue weighted by molar-refractivity contribution is 0.0104. The second-order valence-electron chi connectivity index (χ2n) is 36.6. The Hall–Kier alpha value is -8.64. The smallest absolute Gasteiger partial charge is 0.127 e. The molecule has 18 rings (SSSR count). The van der Waals surface area contributed by atoms with E-state index >= 15 is 0 Å². The molecule has 0 saturated carbocycles. The number of phenolic OH excluding ortho intramolecular Hbond substituents is 6. The first kappa shape index (κ1) is 45.5. The van der Waals surface area contributed by atoms with E-state index in [4.69, 9.17) is 127 Å². The van der Waals surface area contributed by atoms with Gasteiger partial charge in [-0.05, 0) is 383 Å². The molecule has 138 heavy (non-hydrogen) atoms. The van der Waals surface area contributed by atoms with Crippen LogP contribution in [0.3, 0.4) is 0 Å². The molecule has 0 fully saturated rings. The Bertz CT molecular complexity index is 8700. The van der Waals surface area contributed by atoms with Crippen LogP contribution in [0.15, 0.2) is 143 Å². The fourth-order valence-electron chi connectivity index (χ4n) is 18.5. The number of phenols is 6. The van der Waals surface area contributed by atoms with Crippen LogP contribution in [-0.4, -0.2) is 64.2 Å². The number of rotatable bonds is 24. The van der Waals surface area contributed by atoms with E-state index in [1.54, 1.807) is 6.92 Å². The first-order valence-electron chi connectivity index (χ1n) is 85.0. The van der Waals surface area contributed by atoms with E-state index in [0.29, 0.717) is 69.8 Å². The second kappa shape index (κ2) is 45.7. The fourth-order valence-corrected chi connectivity index (χ4v) is 18.5. The Labute approximate surface area is 939 Å². The summed E-state index contributed by atoms with van der Waals surface area (Å²) in [5.41, 5.74) is -21.8. The van der Waals surface area contributed by atoms with Gasteiger partial charge in [0.2, 0.25) is 0 Å². The molecular weight excluding hydrogens is 1710 g/mol. The van der Waals surface area contributed by atoms with Gasteiger partial charge in [0.15, 0.2) is 0 Å². The molecule has 6 aliphatic heterocycles. The number of hydrogen-bond donors (Lipinski definition) is 6. The zero-order chi connectivity index (χ0) is 164. The molecule has 756 valence electrons. The number of hydrogen-bond acceptors (Lipinski definition) is 12. The van der Waals surface area contributed by atoms with Crippen molar-refractivity contribution in [3.05, 3.63) is 209 Å². The van der Waals surface area contributed by atoms with E-state index in [1.165, 1.54) is 49.4 Å².